The predicted octanol–water partition coefficient (Wildman–Crippen LogP) is 0.945. The van der Waals surface area contributed by atoms with Gasteiger partial charge < -0.3 is 5.32 Å². The average Bonchev–Trinajstić information content (AvgIpc) is 3.13. The first-order valence-electron chi connectivity index (χ1n) is 7.56. The van der Waals surface area contributed by atoms with Crippen molar-refractivity contribution in [3.63, 3.8) is 0 Å². The van der Waals surface area contributed by atoms with Crippen LogP contribution in [0.4, 0.5) is 0 Å². The quantitative estimate of drug-likeness (QED) is 0.661. The van der Waals surface area contributed by atoms with Crippen LogP contribution >= 0.6 is 15.9 Å². The van der Waals surface area contributed by atoms with E-state index in [-0.39, 0.29) is 24.4 Å². The van der Waals surface area contributed by atoms with Crippen LogP contribution in [-0.4, -0.2) is 37.0 Å². The predicted molar refractivity (Wildman–Crippen MR) is 94.3 cm³/mol. The highest BCUT2D eigenvalue weighted by molar-refractivity contribution is 9.10. The van der Waals surface area contributed by atoms with Crippen molar-refractivity contribution in [2.75, 3.05) is 6.54 Å². The number of aromatic nitrogens is 5. The second-order valence-corrected chi connectivity index (χ2v) is 6.16. The summed E-state index contributed by atoms with van der Waals surface area (Å²) >= 11 is 3.36. The van der Waals surface area contributed by atoms with Crippen molar-refractivity contribution in [2.45, 2.75) is 13.0 Å². The van der Waals surface area contributed by atoms with Gasteiger partial charge in [0.1, 0.15) is 12.7 Å². The number of benzene rings is 1. The Bertz CT molecular complexity index is 905. The molecule has 0 atom stereocenters. The molecule has 8 nitrogen and oxygen atoms in total. The molecule has 3 aromatic rings. The number of nitrogens with zero attached hydrogens (tertiary/aromatic N) is 5. The van der Waals surface area contributed by atoms with Gasteiger partial charge >= 0.3 is 0 Å². The van der Waals surface area contributed by atoms with Crippen molar-refractivity contribution in [3.8, 4) is 5.82 Å². The first kappa shape index (κ1) is 17.0. The molecule has 0 aliphatic heterocycles. The van der Waals surface area contributed by atoms with E-state index in [0.29, 0.717) is 12.4 Å². The molecule has 0 spiro atoms. The molecule has 1 amide bonds. The maximum Gasteiger partial charge on any atom is 0.266 e. The maximum absolute atomic E-state index is 12.0. The molecule has 0 saturated heterocycles. The van der Waals surface area contributed by atoms with Crippen LogP contribution in [0.15, 0.2) is 58.3 Å². The standard InChI is InChI=1S/C16H15BrN6O2/c17-13-3-1-12(2-4-13)9-15(24)19-7-8-22-16(25)6-5-14(21-22)23-11-18-10-20-23/h1-6,10-11H,7-9H2,(H,19,24). The van der Waals surface area contributed by atoms with Crippen molar-refractivity contribution in [3.05, 3.63) is 69.4 Å². The third-order valence-corrected chi connectivity index (χ3v) is 3.96. The third-order valence-electron chi connectivity index (χ3n) is 3.43. The Labute approximate surface area is 151 Å². The average molecular weight is 403 g/mol. The molecule has 25 heavy (non-hydrogen) atoms. The van der Waals surface area contributed by atoms with Gasteiger partial charge in [-0.2, -0.15) is 5.10 Å². The normalized spacial score (nSPS) is 10.6. The Morgan fingerprint density at radius 2 is 1.96 bits per heavy atom. The highest BCUT2D eigenvalue weighted by Gasteiger charge is 2.06. The van der Waals surface area contributed by atoms with Crippen molar-refractivity contribution >= 4 is 21.8 Å². The summed E-state index contributed by atoms with van der Waals surface area (Å²) in [6.07, 6.45) is 3.17. The van der Waals surface area contributed by atoms with Crippen LogP contribution in [0.25, 0.3) is 5.82 Å². The molecule has 2 aromatic heterocycles. The largest absolute Gasteiger partial charge is 0.354 e. The van der Waals surface area contributed by atoms with E-state index in [1.807, 2.05) is 24.3 Å². The minimum absolute atomic E-state index is 0.109. The molecule has 0 fully saturated rings. The van der Waals surface area contributed by atoms with Crippen LogP contribution in [0.3, 0.4) is 0 Å². The van der Waals surface area contributed by atoms with E-state index in [1.165, 1.54) is 28.1 Å². The van der Waals surface area contributed by atoms with Crippen LogP contribution in [0, 0.1) is 0 Å². The van der Waals surface area contributed by atoms with E-state index >= 15 is 0 Å². The summed E-state index contributed by atoms with van der Waals surface area (Å²) in [4.78, 5) is 27.7. The number of carbonyl (C=O) groups excluding carboxylic acids is 1. The number of hydrogen-bond acceptors (Lipinski definition) is 5. The molecule has 9 heteroatoms. The van der Waals surface area contributed by atoms with Gasteiger partial charge in [-0.3, -0.25) is 9.59 Å². The maximum atomic E-state index is 12.0. The lowest BCUT2D eigenvalue weighted by Gasteiger charge is -2.08. The summed E-state index contributed by atoms with van der Waals surface area (Å²) < 4.78 is 3.72. The molecular formula is C16H15BrN6O2. The van der Waals surface area contributed by atoms with Gasteiger partial charge in [-0.05, 0) is 23.8 Å². The molecule has 128 valence electrons. The van der Waals surface area contributed by atoms with E-state index in [0.717, 1.165) is 10.0 Å². The zero-order chi connectivity index (χ0) is 17.6. The van der Waals surface area contributed by atoms with Gasteiger partial charge in [0, 0.05) is 17.1 Å². The van der Waals surface area contributed by atoms with Crippen molar-refractivity contribution < 1.29 is 4.79 Å². The lowest BCUT2D eigenvalue weighted by atomic mass is 10.1. The first-order valence-corrected chi connectivity index (χ1v) is 8.35. The van der Waals surface area contributed by atoms with Gasteiger partial charge in [-0.1, -0.05) is 28.1 Å². The Morgan fingerprint density at radius 1 is 1.16 bits per heavy atom. The SMILES string of the molecule is O=C(Cc1ccc(Br)cc1)NCCn1nc(-n2cncn2)ccc1=O. The molecule has 3 rings (SSSR count). The van der Waals surface area contributed by atoms with E-state index in [1.54, 1.807) is 6.07 Å². The van der Waals surface area contributed by atoms with Crippen molar-refractivity contribution in [2.24, 2.45) is 0 Å². The van der Waals surface area contributed by atoms with Crippen molar-refractivity contribution in [1.29, 1.82) is 0 Å². The fraction of sp³-hybridized carbons (Fsp3) is 0.188. The highest BCUT2D eigenvalue weighted by Crippen LogP contribution is 2.10. The molecular weight excluding hydrogens is 388 g/mol. The van der Waals surface area contributed by atoms with Gasteiger partial charge in [0.25, 0.3) is 5.56 Å². The summed E-state index contributed by atoms with van der Waals surface area (Å²) in [6, 6.07) is 10.5. The van der Waals surface area contributed by atoms with Crippen LogP contribution in [-0.2, 0) is 17.8 Å². The molecule has 1 aromatic carbocycles. The monoisotopic (exact) mass is 402 g/mol. The topological polar surface area (TPSA) is 94.7 Å². The van der Waals surface area contributed by atoms with Crippen LogP contribution in [0.1, 0.15) is 5.56 Å². The number of amides is 1. The second-order valence-electron chi connectivity index (χ2n) is 5.25. The highest BCUT2D eigenvalue weighted by atomic mass is 79.9. The molecule has 0 aliphatic rings. The minimum Gasteiger partial charge on any atom is -0.354 e. The summed E-state index contributed by atoms with van der Waals surface area (Å²) in [5, 5.41) is 11.0. The van der Waals surface area contributed by atoms with Gasteiger partial charge in [0.2, 0.25) is 5.91 Å². The lowest BCUT2D eigenvalue weighted by molar-refractivity contribution is -0.120. The van der Waals surface area contributed by atoms with Gasteiger partial charge in [0.15, 0.2) is 5.82 Å². The fourth-order valence-electron chi connectivity index (χ4n) is 2.20. The summed E-state index contributed by atoms with van der Waals surface area (Å²) in [5.74, 6) is 0.376. The molecule has 0 saturated carbocycles. The molecule has 2 heterocycles. The first-order chi connectivity index (χ1) is 12.1. The van der Waals surface area contributed by atoms with E-state index < -0.39 is 0 Å². The van der Waals surface area contributed by atoms with Gasteiger partial charge in [0.05, 0.1) is 13.0 Å². The Hall–Kier alpha value is -2.81. The number of halogens is 1. The molecule has 0 radical (unpaired) electrons. The van der Waals surface area contributed by atoms with E-state index in [2.05, 4.69) is 36.4 Å². The van der Waals surface area contributed by atoms with E-state index in [9.17, 15) is 9.59 Å². The summed E-state index contributed by atoms with van der Waals surface area (Å²) in [6.45, 7) is 0.580. The number of nitrogens with one attached hydrogen (secondary N) is 1. The second kappa shape index (κ2) is 7.84. The lowest BCUT2D eigenvalue weighted by Crippen LogP contribution is -2.33. The van der Waals surface area contributed by atoms with Crippen LogP contribution < -0.4 is 10.9 Å². The Kier molecular flexibility index (Phi) is 5.34. The molecule has 0 bridgehead atoms. The number of carbonyl (C=O) groups is 1. The van der Waals surface area contributed by atoms with Crippen molar-refractivity contribution in [1.82, 2.24) is 29.9 Å². The zero-order valence-electron chi connectivity index (χ0n) is 13.2. The van der Waals surface area contributed by atoms with Gasteiger partial charge in [-0.15, -0.1) is 5.10 Å². The summed E-state index contributed by atoms with van der Waals surface area (Å²) in [7, 11) is 0. The third kappa shape index (κ3) is 4.60. The smallest absolute Gasteiger partial charge is 0.266 e. The zero-order valence-corrected chi connectivity index (χ0v) is 14.8. The summed E-state index contributed by atoms with van der Waals surface area (Å²) in [5.41, 5.74) is 0.676. The van der Waals surface area contributed by atoms with Gasteiger partial charge in [-0.25, -0.2) is 14.3 Å². The Morgan fingerprint density at radius 3 is 2.68 bits per heavy atom. The molecule has 0 unspecified atom stereocenters. The fourth-order valence-corrected chi connectivity index (χ4v) is 2.46. The van der Waals surface area contributed by atoms with Crippen LogP contribution in [0.5, 0.6) is 0 Å². The molecule has 1 N–H and O–H groups in total. The minimum atomic E-state index is -0.244. The Balaban J connectivity index is 1.56. The molecule has 0 aliphatic carbocycles. The van der Waals surface area contributed by atoms with E-state index in [4.69, 9.17) is 0 Å². The number of rotatable bonds is 6. The van der Waals surface area contributed by atoms with Crippen LogP contribution in [0.2, 0.25) is 0 Å². The number of hydrogen-bond donors (Lipinski definition) is 1.